The predicted octanol–water partition coefficient (Wildman–Crippen LogP) is 6.17. The minimum Gasteiger partial charge on any atom is -0.456 e. The summed E-state index contributed by atoms with van der Waals surface area (Å²) < 4.78 is 39.7. The molecule has 0 amide bonds. The lowest BCUT2D eigenvalue weighted by Gasteiger charge is -2.13. The van der Waals surface area contributed by atoms with Gasteiger partial charge in [-0.15, -0.1) is 0 Å². The monoisotopic (exact) mass is 400 g/mol. The number of para-hydroxylation sites is 1. The summed E-state index contributed by atoms with van der Waals surface area (Å²) in [6.07, 6.45) is 0. The molecular formula is C24H16O4S. The van der Waals surface area contributed by atoms with E-state index in [4.69, 9.17) is 4.42 Å². The van der Waals surface area contributed by atoms with Crippen molar-refractivity contribution in [3.05, 3.63) is 91.0 Å². The van der Waals surface area contributed by atoms with Crippen molar-refractivity contribution in [1.29, 1.82) is 0 Å². The van der Waals surface area contributed by atoms with Crippen LogP contribution in [0.1, 0.15) is 0 Å². The molecule has 0 fully saturated rings. The third kappa shape index (κ3) is 2.92. The highest BCUT2D eigenvalue weighted by atomic mass is 32.2. The van der Waals surface area contributed by atoms with Gasteiger partial charge in [0.05, 0.1) is 0 Å². The first kappa shape index (κ1) is 17.7. The Kier molecular flexibility index (Phi) is 4.01. The van der Waals surface area contributed by atoms with Gasteiger partial charge in [0.25, 0.3) is 10.1 Å². The molecule has 4 nitrogen and oxygen atoms in total. The molecule has 0 spiro atoms. The predicted molar refractivity (Wildman–Crippen MR) is 114 cm³/mol. The van der Waals surface area contributed by atoms with Crippen molar-refractivity contribution in [1.82, 2.24) is 0 Å². The zero-order chi connectivity index (χ0) is 20.0. The van der Waals surface area contributed by atoms with E-state index in [9.17, 15) is 13.0 Å². The van der Waals surface area contributed by atoms with Crippen LogP contribution in [0.15, 0.2) is 100 Å². The molecule has 142 valence electrons. The highest BCUT2D eigenvalue weighted by Crippen LogP contribution is 2.41. The Balaban J connectivity index is 1.86. The van der Waals surface area contributed by atoms with Gasteiger partial charge in [-0.1, -0.05) is 72.8 Å². The molecule has 0 bridgehead atoms. The van der Waals surface area contributed by atoms with Gasteiger partial charge in [-0.3, -0.25) is 4.55 Å². The molecule has 0 aliphatic rings. The van der Waals surface area contributed by atoms with Gasteiger partial charge >= 0.3 is 0 Å². The van der Waals surface area contributed by atoms with Crippen LogP contribution in [0, 0.1) is 0 Å². The summed E-state index contributed by atoms with van der Waals surface area (Å²) in [5.41, 5.74) is 4.54. The molecule has 5 heteroatoms. The van der Waals surface area contributed by atoms with Gasteiger partial charge < -0.3 is 4.42 Å². The van der Waals surface area contributed by atoms with Crippen molar-refractivity contribution in [2.75, 3.05) is 0 Å². The van der Waals surface area contributed by atoms with E-state index >= 15 is 0 Å². The van der Waals surface area contributed by atoms with E-state index in [-0.39, 0.29) is 4.90 Å². The molecule has 1 heterocycles. The summed E-state index contributed by atoms with van der Waals surface area (Å²) in [6.45, 7) is 0. The number of benzene rings is 4. The highest BCUT2D eigenvalue weighted by Gasteiger charge is 2.20. The second-order valence-electron chi connectivity index (χ2n) is 6.79. The maximum Gasteiger partial charge on any atom is 0.295 e. The topological polar surface area (TPSA) is 67.5 Å². The molecule has 0 unspecified atom stereocenters. The van der Waals surface area contributed by atoms with Crippen molar-refractivity contribution >= 4 is 32.1 Å². The molecule has 4 aromatic carbocycles. The maximum absolute atomic E-state index is 12.0. The lowest BCUT2D eigenvalue weighted by Crippen LogP contribution is -2.01. The van der Waals surface area contributed by atoms with E-state index < -0.39 is 10.1 Å². The van der Waals surface area contributed by atoms with E-state index in [1.807, 2.05) is 66.7 Å². The van der Waals surface area contributed by atoms with Crippen molar-refractivity contribution in [2.45, 2.75) is 4.90 Å². The lowest BCUT2D eigenvalue weighted by molar-refractivity contribution is 0.483. The van der Waals surface area contributed by atoms with Crippen LogP contribution in [0.25, 0.3) is 44.2 Å². The smallest absolute Gasteiger partial charge is 0.295 e. The van der Waals surface area contributed by atoms with Gasteiger partial charge in [0, 0.05) is 16.3 Å². The van der Waals surface area contributed by atoms with Crippen LogP contribution in [-0.4, -0.2) is 13.0 Å². The first-order valence-corrected chi connectivity index (χ1v) is 10.5. The van der Waals surface area contributed by atoms with Gasteiger partial charge in [0.2, 0.25) is 0 Å². The fourth-order valence-corrected chi connectivity index (χ4v) is 4.57. The molecule has 0 aliphatic heterocycles. The lowest BCUT2D eigenvalue weighted by atomic mass is 9.92. The van der Waals surface area contributed by atoms with Crippen LogP contribution in [-0.2, 0) is 10.1 Å². The van der Waals surface area contributed by atoms with Crippen LogP contribution in [0.5, 0.6) is 0 Å². The van der Waals surface area contributed by atoms with Crippen molar-refractivity contribution < 1.29 is 17.4 Å². The molecule has 0 aliphatic carbocycles. The molecule has 0 saturated heterocycles. The van der Waals surface area contributed by atoms with E-state index in [1.165, 1.54) is 6.07 Å². The molecule has 5 rings (SSSR count). The normalized spacial score (nSPS) is 11.9. The molecular weight excluding hydrogens is 384 g/mol. The van der Waals surface area contributed by atoms with Crippen LogP contribution in [0.3, 0.4) is 0 Å². The Morgan fingerprint density at radius 1 is 0.586 bits per heavy atom. The number of rotatable bonds is 3. The summed E-state index contributed by atoms with van der Waals surface area (Å²) in [6, 6.07) is 27.7. The third-order valence-corrected chi connectivity index (χ3v) is 5.99. The van der Waals surface area contributed by atoms with E-state index in [0.717, 1.165) is 38.6 Å². The van der Waals surface area contributed by atoms with Crippen molar-refractivity contribution in [2.24, 2.45) is 0 Å². The fourth-order valence-electron chi connectivity index (χ4n) is 3.87. The second-order valence-corrected chi connectivity index (χ2v) is 8.18. The average molecular weight is 400 g/mol. The standard InChI is InChI=1S/C24H16O4S/c25-29(26,27)23-15-6-4-10-18(23)16-8-1-2-9-17(16)19-12-7-14-22-24(19)20-11-3-5-13-21(20)28-22/h1-15H,(H,25,26,27). The third-order valence-electron chi connectivity index (χ3n) is 5.07. The van der Waals surface area contributed by atoms with E-state index in [0.29, 0.717) is 5.56 Å². The van der Waals surface area contributed by atoms with E-state index in [1.54, 1.807) is 18.2 Å². The zero-order valence-corrected chi connectivity index (χ0v) is 16.1. The molecule has 0 atom stereocenters. The SMILES string of the molecule is O=S(=O)(O)c1ccccc1-c1ccccc1-c1cccc2oc3ccccc3c12. The van der Waals surface area contributed by atoms with Gasteiger partial charge in [-0.05, 0) is 34.9 Å². The minimum absolute atomic E-state index is 0.114. The number of furan rings is 1. The summed E-state index contributed by atoms with van der Waals surface area (Å²) in [7, 11) is -4.37. The summed E-state index contributed by atoms with van der Waals surface area (Å²) in [4.78, 5) is -0.114. The molecule has 1 N–H and O–H groups in total. The van der Waals surface area contributed by atoms with Gasteiger partial charge in [-0.25, -0.2) is 0 Å². The molecule has 5 aromatic rings. The summed E-state index contributed by atoms with van der Waals surface area (Å²) >= 11 is 0. The Morgan fingerprint density at radius 3 is 1.90 bits per heavy atom. The highest BCUT2D eigenvalue weighted by molar-refractivity contribution is 7.86. The van der Waals surface area contributed by atoms with Gasteiger partial charge in [-0.2, -0.15) is 8.42 Å². The Labute approximate surface area is 167 Å². The van der Waals surface area contributed by atoms with Gasteiger partial charge in [0.1, 0.15) is 16.1 Å². The number of fused-ring (bicyclic) bond motifs is 3. The summed E-state index contributed by atoms with van der Waals surface area (Å²) in [5, 5.41) is 1.97. The van der Waals surface area contributed by atoms with Crippen LogP contribution >= 0.6 is 0 Å². The Morgan fingerprint density at radius 2 is 1.14 bits per heavy atom. The largest absolute Gasteiger partial charge is 0.456 e. The van der Waals surface area contributed by atoms with Crippen LogP contribution in [0.2, 0.25) is 0 Å². The average Bonchev–Trinajstić information content (AvgIpc) is 3.12. The van der Waals surface area contributed by atoms with E-state index in [2.05, 4.69) is 0 Å². The van der Waals surface area contributed by atoms with Crippen LogP contribution < -0.4 is 0 Å². The Bertz CT molecular complexity index is 1480. The quantitative estimate of drug-likeness (QED) is 0.368. The Hall–Kier alpha value is -3.41. The maximum atomic E-state index is 12.0. The van der Waals surface area contributed by atoms with Crippen molar-refractivity contribution in [3.63, 3.8) is 0 Å². The number of hydrogen-bond donors (Lipinski definition) is 1. The van der Waals surface area contributed by atoms with Crippen molar-refractivity contribution in [3.8, 4) is 22.3 Å². The first-order chi connectivity index (χ1) is 14.0. The molecule has 0 radical (unpaired) electrons. The number of hydrogen-bond acceptors (Lipinski definition) is 3. The second kappa shape index (κ2) is 6.58. The fraction of sp³-hybridized carbons (Fsp3) is 0. The molecule has 1 aromatic heterocycles. The first-order valence-electron chi connectivity index (χ1n) is 9.10. The summed E-state index contributed by atoms with van der Waals surface area (Å²) in [5.74, 6) is 0. The minimum atomic E-state index is -4.37. The molecule has 29 heavy (non-hydrogen) atoms. The zero-order valence-electron chi connectivity index (χ0n) is 15.2. The van der Waals surface area contributed by atoms with Gasteiger partial charge in [0.15, 0.2) is 0 Å². The molecule has 0 saturated carbocycles. The van der Waals surface area contributed by atoms with Crippen LogP contribution in [0.4, 0.5) is 0 Å².